The Morgan fingerprint density at radius 2 is 1.37 bits per heavy atom. The Morgan fingerprint density at radius 3 is 1.96 bits per heavy atom. The smallest absolute Gasteiger partial charge is 0.123 e. The topological polar surface area (TPSA) is 12.5 Å². The van der Waals surface area contributed by atoms with Crippen LogP contribution >= 0.6 is 0 Å². The molecule has 2 nitrogen and oxygen atoms in total. The summed E-state index contributed by atoms with van der Waals surface area (Å²) in [5.74, 6) is 0.686. The van der Waals surface area contributed by atoms with Gasteiger partial charge >= 0.3 is 0 Å². The summed E-state index contributed by atoms with van der Waals surface area (Å²) in [6.07, 6.45) is 10.5. The van der Waals surface area contributed by atoms with Gasteiger partial charge in [-0.15, -0.1) is 0 Å². The van der Waals surface area contributed by atoms with Crippen molar-refractivity contribution in [2.45, 2.75) is 64.8 Å². The van der Waals surface area contributed by atoms with Gasteiger partial charge in [0.2, 0.25) is 0 Å². The highest BCUT2D eigenvalue weighted by molar-refractivity contribution is 5.49. The highest BCUT2D eigenvalue weighted by Crippen LogP contribution is 2.22. The van der Waals surface area contributed by atoms with Crippen LogP contribution in [0, 0.1) is 5.82 Å². The Kier molecular flexibility index (Phi) is 9.75. The highest BCUT2D eigenvalue weighted by Gasteiger charge is 2.08. The Bertz CT molecular complexity index is 624. The summed E-state index contributed by atoms with van der Waals surface area (Å²) < 4.78 is 18.5. The van der Waals surface area contributed by atoms with E-state index in [-0.39, 0.29) is 5.82 Å². The Hall–Kier alpha value is -2.03. The van der Waals surface area contributed by atoms with Gasteiger partial charge in [-0.2, -0.15) is 0 Å². The van der Waals surface area contributed by atoms with Crippen LogP contribution in [-0.4, -0.2) is 13.7 Å². The second-order valence-corrected chi connectivity index (χ2v) is 7.22. The number of nitrogens with zero attached hydrogens (tertiary/aromatic N) is 1. The van der Waals surface area contributed by atoms with Gasteiger partial charge < -0.3 is 9.64 Å². The zero-order valence-electron chi connectivity index (χ0n) is 16.9. The van der Waals surface area contributed by atoms with Gasteiger partial charge in [0.1, 0.15) is 11.6 Å². The number of anilines is 1. The third-order valence-corrected chi connectivity index (χ3v) is 5.01. The minimum absolute atomic E-state index is 0.183. The van der Waals surface area contributed by atoms with Crippen molar-refractivity contribution < 1.29 is 9.13 Å². The second-order valence-electron chi connectivity index (χ2n) is 7.22. The van der Waals surface area contributed by atoms with E-state index in [0.717, 1.165) is 24.4 Å². The molecule has 3 heteroatoms. The van der Waals surface area contributed by atoms with Gasteiger partial charge in [-0.05, 0) is 48.4 Å². The van der Waals surface area contributed by atoms with E-state index in [1.165, 1.54) is 69.2 Å². The van der Waals surface area contributed by atoms with E-state index in [2.05, 4.69) is 24.0 Å². The first-order chi connectivity index (χ1) is 13.2. The fourth-order valence-electron chi connectivity index (χ4n) is 3.34. The van der Waals surface area contributed by atoms with Crippen LogP contribution in [-0.2, 0) is 6.54 Å². The van der Waals surface area contributed by atoms with E-state index < -0.39 is 0 Å². The maximum absolute atomic E-state index is 13.2. The molecule has 0 unspecified atom stereocenters. The summed E-state index contributed by atoms with van der Waals surface area (Å²) in [5, 5.41) is 0. The molecule has 0 radical (unpaired) electrons. The quantitative estimate of drug-likeness (QED) is 0.352. The van der Waals surface area contributed by atoms with Crippen molar-refractivity contribution in [1.29, 1.82) is 0 Å². The van der Waals surface area contributed by atoms with E-state index in [1.807, 2.05) is 24.3 Å². The van der Waals surface area contributed by atoms with Crippen LogP contribution in [0.4, 0.5) is 10.1 Å². The van der Waals surface area contributed by atoms with E-state index in [1.54, 1.807) is 7.11 Å². The number of halogens is 1. The molecule has 0 N–H and O–H groups in total. The number of ether oxygens (including phenoxy) is 1. The fourth-order valence-corrected chi connectivity index (χ4v) is 3.34. The SMILES string of the molecule is CCCCCCCCCCN(Cc1ccc(F)cc1)c1ccc(OC)cc1. The molecule has 2 aromatic carbocycles. The zero-order valence-corrected chi connectivity index (χ0v) is 16.9. The van der Waals surface area contributed by atoms with Crippen molar-refractivity contribution in [1.82, 2.24) is 0 Å². The largest absolute Gasteiger partial charge is 0.497 e. The molecule has 27 heavy (non-hydrogen) atoms. The van der Waals surface area contributed by atoms with Crippen molar-refractivity contribution in [3.8, 4) is 5.75 Å². The molecule has 2 aromatic rings. The van der Waals surface area contributed by atoms with Gasteiger partial charge in [-0.25, -0.2) is 4.39 Å². The van der Waals surface area contributed by atoms with Crippen LogP contribution < -0.4 is 9.64 Å². The summed E-state index contributed by atoms with van der Waals surface area (Å²) >= 11 is 0. The summed E-state index contributed by atoms with van der Waals surface area (Å²) in [7, 11) is 1.69. The predicted molar refractivity (Wildman–Crippen MR) is 113 cm³/mol. The average Bonchev–Trinajstić information content (AvgIpc) is 2.70. The van der Waals surface area contributed by atoms with E-state index in [9.17, 15) is 4.39 Å². The minimum atomic E-state index is -0.183. The Balaban J connectivity index is 1.88. The normalized spacial score (nSPS) is 10.8. The molecule has 0 aromatic heterocycles. The molecule has 0 saturated heterocycles. The number of hydrogen-bond acceptors (Lipinski definition) is 2. The molecule has 2 rings (SSSR count). The predicted octanol–water partition coefficient (Wildman–Crippen LogP) is 6.98. The monoisotopic (exact) mass is 371 g/mol. The first kappa shape index (κ1) is 21.3. The maximum atomic E-state index is 13.2. The van der Waals surface area contributed by atoms with E-state index >= 15 is 0 Å². The summed E-state index contributed by atoms with van der Waals surface area (Å²) in [6.45, 7) is 4.07. The molecule has 0 aliphatic carbocycles. The summed E-state index contributed by atoms with van der Waals surface area (Å²) in [4.78, 5) is 2.38. The molecule has 0 atom stereocenters. The minimum Gasteiger partial charge on any atom is -0.497 e. The molecule has 0 heterocycles. The molecule has 0 saturated carbocycles. The Morgan fingerprint density at radius 1 is 0.778 bits per heavy atom. The molecular formula is C24H34FNO. The third-order valence-electron chi connectivity index (χ3n) is 5.01. The third kappa shape index (κ3) is 8.03. The van der Waals surface area contributed by atoms with Gasteiger partial charge in [-0.3, -0.25) is 0 Å². The van der Waals surface area contributed by atoms with Crippen LogP contribution in [0.1, 0.15) is 63.9 Å². The molecule has 148 valence electrons. The van der Waals surface area contributed by atoms with Gasteiger partial charge in [0.15, 0.2) is 0 Å². The summed E-state index contributed by atoms with van der Waals surface area (Å²) in [5.41, 5.74) is 2.31. The molecule has 0 amide bonds. The van der Waals surface area contributed by atoms with Gasteiger partial charge in [-0.1, -0.05) is 64.0 Å². The summed E-state index contributed by atoms with van der Waals surface area (Å²) in [6, 6.07) is 15.0. The van der Waals surface area contributed by atoms with E-state index in [0.29, 0.717) is 0 Å². The number of benzene rings is 2. The lowest BCUT2D eigenvalue weighted by Gasteiger charge is -2.25. The number of rotatable bonds is 13. The number of hydrogen-bond donors (Lipinski definition) is 0. The maximum Gasteiger partial charge on any atom is 0.123 e. The van der Waals surface area contributed by atoms with Crippen molar-refractivity contribution in [3.05, 3.63) is 59.9 Å². The second kappa shape index (κ2) is 12.4. The molecule has 0 aliphatic heterocycles. The zero-order chi connectivity index (χ0) is 19.3. The number of unbranched alkanes of at least 4 members (excludes halogenated alkanes) is 7. The first-order valence-electron chi connectivity index (χ1n) is 10.4. The van der Waals surface area contributed by atoms with Crippen molar-refractivity contribution in [2.75, 3.05) is 18.6 Å². The van der Waals surface area contributed by atoms with Crippen LogP contribution in [0.2, 0.25) is 0 Å². The van der Waals surface area contributed by atoms with Crippen molar-refractivity contribution in [3.63, 3.8) is 0 Å². The lowest BCUT2D eigenvalue weighted by atomic mass is 10.1. The van der Waals surface area contributed by atoms with E-state index in [4.69, 9.17) is 4.74 Å². The average molecular weight is 372 g/mol. The van der Waals surface area contributed by atoms with Crippen molar-refractivity contribution in [2.24, 2.45) is 0 Å². The molecule has 0 aliphatic rings. The van der Waals surface area contributed by atoms with Gasteiger partial charge in [0.05, 0.1) is 7.11 Å². The molecule has 0 bridgehead atoms. The van der Waals surface area contributed by atoms with Crippen LogP contribution in [0.3, 0.4) is 0 Å². The van der Waals surface area contributed by atoms with Gasteiger partial charge in [0, 0.05) is 18.8 Å². The van der Waals surface area contributed by atoms with Crippen LogP contribution in [0.25, 0.3) is 0 Å². The fraction of sp³-hybridized carbons (Fsp3) is 0.500. The molecule has 0 spiro atoms. The lowest BCUT2D eigenvalue weighted by Crippen LogP contribution is -2.23. The molecule has 0 fully saturated rings. The van der Waals surface area contributed by atoms with Crippen molar-refractivity contribution >= 4 is 5.69 Å². The lowest BCUT2D eigenvalue weighted by molar-refractivity contribution is 0.415. The number of methoxy groups -OCH3 is 1. The highest BCUT2D eigenvalue weighted by atomic mass is 19.1. The first-order valence-corrected chi connectivity index (χ1v) is 10.4. The van der Waals surface area contributed by atoms with Crippen LogP contribution in [0.15, 0.2) is 48.5 Å². The van der Waals surface area contributed by atoms with Gasteiger partial charge in [0.25, 0.3) is 0 Å². The Labute approximate surface area is 164 Å². The van der Waals surface area contributed by atoms with Crippen LogP contribution in [0.5, 0.6) is 5.75 Å². The molecular weight excluding hydrogens is 337 g/mol. The standard InChI is InChI=1S/C24H34FNO/c1-3-4-5-6-7-8-9-10-19-26(20-21-11-13-22(25)14-12-21)23-15-17-24(27-2)18-16-23/h11-18H,3-10,19-20H2,1-2H3.